The molecule has 0 saturated carbocycles. The molecule has 15 atom stereocenters. The highest BCUT2D eigenvalue weighted by molar-refractivity contribution is 7.99. The lowest BCUT2D eigenvalue weighted by atomic mass is 9.95. The third-order valence-corrected chi connectivity index (χ3v) is 19.4. The molecular formula is C87H90O15S. The lowest BCUT2D eigenvalue weighted by molar-refractivity contribution is -0.391. The smallest absolute Gasteiger partial charge is 0.187 e. The molecular weight excluding hydrogens is 1320 g/mol. The van der Waals surface area contributed by atoms with Gasteiger partial charge in [0.25, 0.3) is 0 Å². The van der Waals surface area contributed by atoms with Crippen LogP contribution in [-0.2, 0) is 126 Å². The Morgan fingerprint density at radius 3 is 0.816 bits per heavy atom. The maximum absolute atomic E-state index is 13.5. The van der Waals surface area contributed by atoms with Gasteiger partial charge >= 0.3 is 0 Å². The van der Waals surface area contributed by atoms with Gasteiger partial charge in [-0.05, 0) is 62.2 Å². The van der Waals surface area contributed by atoms with Crippen LogP contribution in [0.3, 0.4) is 0 Å². The lowest BCUT2D eigenvalue weighted by Crippen LogP contribution is -2.68. The molecule has 0 unspecified atom stereocenters. The Morgan fingerprint density at radius 1 is 0.243 bits per heavy atom. The van der Waals surface area contributed by atoms with Crippen molar-refractivity contribution in [3.63, 3.8) is 0 Å². The fourth-order valence-electron chi connectivity index (χ4n) is 13.0. The third-order valence-electron chi connectivity index (χ3n) is 18.3. The van der Waals surface area contributed by atoms with Crippen molar-refractivity contribution in [2.45, 2.75) is 156 Å². The van der Waals surface area contributed by atoms with E-state index in [1.807, 2.05) is 303 Å². The molecule has 0 spiro atoms. The van der Waals surface area contributed by atoms with Gasteiger partial charge < -0.3 is 71.4 Å². The number of ether oxygens (including phenoxy) is 14. The predicted molar refractivity (Wildman–Crippen MR) is 392 cm³/mol. The Labute approximate surface area is 608 Å². The highest BCUT2D eigenvalue weighted by Crippen LogP contribution is 2.42. The summed E-state index contributed by atoms with van der Waals surface area (Å²) in [7, 11) is 0. The molecule has 3 heterocycles. The minimum atomic E-state index is -1.52. The summed E-state index contributed by atoms with van der Waals surface area (Å²) in [6.45, 7) is 1.96. The van der Waals surface area contributed by atoms with Gasteiger partial charge in [0, 0.05) is 4.90 Å². The molecule has 3 fully saturated rings. The average molecular weight is 1410 g/mol. The highest BCUT2D eigenvalue weighted by atomic mass is 32.2. The summed E-state index contributed by atoms with van der Waals surface area (Å²) in [5.74, 6) is 0. The Hall–Kier alpha value is -8.05. The Kier molecular flexibility index (Phi) is 27.9. The predicted octanol–water partition coefficient (Wildman–Crippen LogP) is 15.2. The van der Waals surface area contributed by atoms with E-state index in [2.05, 4.69) is 0 Å². The van der Waals surface area contributed by atoms with Gasteiger partial charge in [-0.2, -0.15) is 0 Å². The molecule has 0 aliphatic carbocycles. The van der Waals surface area contributed by atoms with Crippen molar-refractivity contribution < 1.29 is 71.4 Å². The van der Waals surface area contributed by atoms with Crippen LogP contribution < -0.4 is 0 Å². The van der Waals surface area contributed by atoms with E-state index < -0.39 is 91.3 Å². The van der Waals surface area contributed by atoms with Crippen LogP contribution in [0.5, 0.6) is 0 Å². The minimum absolute atomic E-state index is 0.0175. The van der Waals surface area contributed by atoms with Crippen molar-refractivity contribution in [3.05, 3.63) is 353 Å². The van der Waals surface area contributed by atoms with Gasteiger partial charge in [0.2, 0.25) is 0 Å². The number of hydrogen-bond donors (Lipinski definition) is 1. The normalized spacial score (nSPS) is 24.9. The molecule has 0 amide bonds. The van der Waals surface area contributed by atoms with E-state index in [1.54, 1.807) is 0 Å². The van der Waals surface area contributed by atoms with Gasteiger partial charge in [-0.15, -0.1) is 0 Å². The molecule has 3 saturated heterocycles. The van der Waals surface area contributed by atoms with Gasteiger partial charge in [0.05, 0.1) is 79.3 Å². The molecule has 3 aliphatic rings. The van der Waals surface area contributed by atoms with Crippen molar-refractivity contribution in [2.24, 2.45) is 0 Å². The number of thioether (sulfide) groups is 1. The summed E-state index contributed by atoms with van der Waals surface area (Å²) in [5, 5.41) is 13.5. The minimum Gasteiger partial charge on any atom is -0.385 e. The zero-order valence-electron chi connectivity index (χ0n) is 57.6. The Morgan fingerprint density at radius 2 is 0.485 bits per heavy atom. The fraction of sp³-hybridized carbons (Fsp3) is 0.310. The van der Waals surface area contributed by atoms with Crippen LogP contribution in [0.4, 0.5) is 0 Å². The number of aliphatic hydroxyl groups is 1. The lowest BCUT2D eigenvalue weighted by Gasteiger charge is -2.51. The summed E-state index contributed by atoms with van der Waals surface area (Å²) in [6, 6.07) is 99.8. The van der Waals surface area contributed by atoms with Crippen LogP contribution in [0, 0.1) is 0 Å². The second-order valence-electron chi connectivity index (χ2n) is 25.8. The van der Waals surface area contributed by atoms with E-state index in [-0.39, 0.29) is 72.7 Å². The standard InChI is InChI=1S/C87H90O15S/c88-76-80(95-57-69-43-23-7-24-44-69)77(92-54-66-37-17-4-18-38-66)73(60-89-51-63-31-11-1-12-32-63)98-85(76)101-83-81(96-58-70-45-25-8-26-46-70)78(93-55-67-39-19-5-20-40-67)74(61-90-52-64-33-13-2-14-34-64)99-86(83)102-84-82(97-59-71-47-27-9-28-48-71)79(94-56-68-41-21-6-22-42-68)75(62-91-53-65-35-15-3-16-36-65)100-87(84)103-72-49-29-10-30-50-72/h1-50,73-88H,51-62H2/t73-,74-,75-,76+,77-,78-,79-,80-,81+,82+,83+,84+,85+,86+,87-/m1/s1. The Balaban J connectivity index is 0.938. The third kappa shape index (κ3) is 21.6. The van der Waals surface area contributed by atoms with E-state index >= 15 is 0 Å². The first kappa shape index (κ1) is 73.3. The molecule has 10 aromatic rings. The van der Waals surface area contributed by atoms with Crippen molar-refractivity contribution >= 4 is 11.8 Å². The number of hydrogen-bond acceptors (Lipinski definition) is 16. The number of rotatable bonds is 36. The largest absolute Gasteiger partial charge is 0.385 e. The molecule has 10 aromatic carbocycles. The average Bonchev–Trinajstić information content (AvgIpc) is 0.758. The van der Waals surface area contributed by atoms with E-state index in [0.29, 0.717) is 6.61 Å². The molecule has 534 valence electrons. The van der Waals surface area contributed by atoms with Crippen LogP contribution in [0.2, 0.25) is 0 Å². The van der Waals surface area contributed by atoms with Gasteiger partial charge in [-0.1, -0.05) is 303 Å². The van der Waals surface area contributed by atoms with Crippen molar-refractivity contribution in [1.29, 1.82) is 0 Å². The molecule has 15 nitrogen and oxygen atoms in total. The molecule has 16 heteroatoms. The summed E-state index contributed by atoms with van der Waals surface area (Å²) >= 11 is 1.49. The summed E-state index contributed by atoms with van der Waals surface area (Å²) in [6.07, 6.45) is -14.9. The second kappa shape index (κ2) is 39.2. The van der Waals surface area contributed by atoms with Gasteiger partial charge in [0.15, 0.2) is 12.6 Å². The molecule has 103 heavy (non-hydrogen) atoms. The monoisotopic (exact) mass is 1410 g/mol. The van der Waals surface area contributed by atoms with Gasteiger partial charge in [-0.25, -0.2) is 0 Å². The van der Waals surface area contributed by atoms with Gasteiger partial charge in [0.1, 0.15) is 78.7 Å². The zero-order chi connectivity index (χ0) is 69.9. The summed E-state index contributed by atoms with van der Waals surface area (Å²) < 4.78 is 101. The summed E-state index contributed by atoms with van der Waals surface area (Å²) in [5.41, 5.74) is 7.58. The van der Waals surface area contributed by atoms with Crippen LogP contribution in [0.1, 0.15) is 50.1 Å². The van der Waals surface area contributed by atoms with Crippen LogP contribution in [-0.4, -0.2) is 116 Å². The van der Waals surface area contributed by atoms with E-state index in [0.717, 1.165) is 55.0 Å². The van der Waals surface area contributed by atoms with Crippen molar-refractivity contribution in [3.8, 4) is 0 Å². The quantitative estimate of drug-likeness (QED) is 0.0396. The second-order valence-corrected chi connectivity index (χ2v) is 27.0. The van der Waals surface area contributed by atoms with Crippen LogP contribution in [0.15, 0.2) is 308 Å². The van der Waals surface area contributed by atoms with Gasteiger partial charge in [-0.3, -0.25) is 0 Å². The molecule has 3 aliphatic heterocycles. The Bertz CT molecular complexity index is 3950. The van der Waals surface area contributed by atoms with Crippen LogP contribution >= 0.6 is 11.8 Å². The molecule has 0 bridgehead atoms. The maximum atomic E-state index is 13.5. The highest BCUT2D eigenvalue weighted by Gasteiger charge is 2.57. The van der Waals surface area contributed by atoms with E-state index in [9.17, 15) is 5.11 Å². The SMILES string of the molecule is O[C@@H]1[C@H](O[C@@H]2[C@H](O[C@H]3[C@@H](OCc4ccccc4)[C@H](OCc4ccccc4)[C@@H](COCc4ccccc4)O[C@@H]3Sc3ccccc3)O[C@H](COCc3ccccc3)[C@@H](OCc3ccccc3)[C@@H]2OCc2ccccc2)O[C@H](COCc2ccccc2)[C@@H](OCc2ccccc2)[C@@H]1OCc1ccccc1. The molecule has 0 radical (unpaired) electrons. The summed E-state index contributed by atoms with van der Waals surface area (Å²) in [4.78, 5) is 0.906. The van der Waals surface area contributed by atoms with Crippen molar-refractivity contribution in [1.82, 2.24) is 0 Å². The number of benzene rings is 10. The van der Waals surface area contributed by atoms with E-state index in [1.165, 1.54) is 11.8 Å². The maximum Gasteiger partial charge on any atom is 0.187 e. The van der Waals surface area contributed by atoms with E-state index in [4.69, 9.17) is 66.3 Å². The molecule has 1 N–H and O–H groups in total. The molecule has 13 rings (SSSR count). The first-order chi connectivity index (χ1) is 51.0. The van der Waals surface area contributed by atoms with Crippen LogP contribution in [0.25, 0.3) is 0 Å². The topological polar surface area (TPSA) is 149 Å². The van der Waals surface area contributed by atoms with Crippen molar-refractivity contribution in [2.75, 3.05) is 19.8 Å². The molecule has 0 aromatic heterocycles. The zero-order valence-corrected chi connectivity index (χ0v) is 58.4. The fourth-order valence-corrected chi connectivity index (χ4v) is 14.1. The first-order valence-electron chi connectivity index (χ1n) is 35.4. The number of aliphatic hydroxyl groups excluding tert-OH is 1. The first-order valence-corrected chi connectivity index (χ1v) is 36.3.